The fraction of sp³-hybridized carbons (Fsp3) is 0.424. The number of amides is 2. The Hall–Kier alpha value is -4.83. The van der Waals surface area contributed by atoms with E-state index in [1.54, 1.807) is 16.4 Å². The number of nitrogens with zero attached hydrogens (tertiary/aromatic N) is 7. The maximum atomic E-state index is 14.4. The summed E-state index contributed by atoms with van der Waals surface area (Å²) in [6.07, 6.45) is 0.384. The number of carbonyl (C=O) groups is 2. The molecular weight excluding hydrogens is 681 g/mol. The van der Waals surface area contributed by atoms with Crippen LogP contribution in [-0.2, 0) is 27.7 Å². The standard InChI is InChI=1S/C33H32ClF3N8O5/c1-17-14-32(7-9-43(10-8-32)31(49)26-28(47)18(2)38-16-39-26)24-27(17)44(15-23(46)40-22-4-3-19(13-21(22)34)33(35,36)37)30-25(29(24)48)41-45(42-30)20-5-11-50-12-6-20/h3-5,13,16-17,47H,6-12,14-15H2,1-2H3,(H,40,46)/t17-/m1/s1. The number of hydrogen-bond acceptors (Lipinski definition) is 9. The van der Waals surface area contributed by atoms with Crippen molar-refractivity contribution in [2.75, 3.05) is 31.6 Å². The highest BCUT2D eigenvalue weighted by molar-refractivity contribution is 6.33. The lowest BCUT2D eigenvalue weighted by Gasteiger charge is -2.39. The van der Waals surface area contributed by atoms with Gasteiger partial charge in [-0.25, -0.2) is 9.97 Å². The summed E-state index contributed by atoms with van der Waals surface area (Å²) >= 11 is 6.14. The molecule has 1 spiro atoms. The van der Waals surface area contributed by atoms with Crippen LogP contribution in [0.5, 0.6) is 5.75 Å². The van der Waals surface area contributed by atoms with Gasteiger partial charge in [-0.2, -0.15) is 18.0 Å². The molecule has 5 heterocycles. The minimum atomic E-state index is -4.60. The van der Waals surface area contributed by atoms with E-state index in [2.05, 4.69) is 25.5 Å². The average molecular weight is 713 g/mol. The molecule has 262 valence electrons. The second kappa shape index (κ2) is 12.5. The molecule has 2 N–H and O–H groups in total. The van der Waals surface area contributed by atoms with Crippen LogP contribution < -0.4 is 10.7 Å². The number of benzene rings is 1. The summed E-state index contributed by atoms with van der Waals surface area (Å²) in [7, 11) is 0. The number of rotatable bonds is 5. The highest BCUT2D eigenvalue weighted by Crippen LogP contribution is 2.51. The highest BCUT2D eigenvalue weighted by atomic mass is 35.5. The van der Waals surface area contributed by atoms with Crippen LogP contribution in [-0.4, -0.2) is 77.7 Å². The minimum Gasteiger partial charge on any atom is -0.504 e. The molecule has 0 radical (unpaired) electrons. The maximum absolute atomic E-state index is 14.4. The average Bonchev–Trinajstić information content (AvgIpc) is 3.65. The number of aromatic hydroxyl groups is 1. The van der Waals surface area contributed by atoms with Crippen LogP contribution in [0.4, 0.5) is 18.9 Å². The number of piperidine rings is 1. The second-order valence-electron chi connectivity index (χ2n) is 12.9. The van der Waals surface area contributed by atoms with Gasteiger partial charge in [-0.1, -0.05) is 18.5 Å². The zero-order valence-electron chi connectivity index (χ0n) is 27.1. The molecule has 3 aromatic heterocycles. The molecule has 1 aliphatic carbocycles. The number of halogens is 4. The smallest absolute Gasteiger partial charge is 0.416 e. The maximum Gasteiger partial charge on any atom is 0.416 e. The number of ether oxygens (including phenoxy) is 1. The number of pyridine rings is 1. The van der Waals surface area contributed by atoms with E-state index in [1.165, 1.54) is 11.1 Å². The van der Waals surface area contributed by atoms with Gasteiger partial charge in [0.25, 0.3) is 5.91 Å². The first-order chi connectivity index (χ1) is 23.8. The van der Waals surface area contributed by atoms with Crippen molar-refractivity contribution in [1.29, 1.82) is 0 Å². The molecule has 2 aliphatic heterocycles. The Morgan fingerprint density at radius 1 is 1.18 bits per heavy atom. The van der Waals surface area contributed by atoms with Gasteiger partial charge in [0.05, 0.1) is 40.9 Å². The van der Waals surface area contributed by atoms with Gasteiger partial charge in [0.2, 0.25) is 11.3 Å². The first-order valence-corrected chi connectivity index (χ1v) is 16.4. The van der Waals surface area contributed by atoms with Crippen LogP contribution in [0.1, 0.15) is 71.5 Å². The Kier molecular flexibility index (Phi) is 8.41. The Morgan fingerprint density at radius 2 is 1.94 bits per heavy atom. The van der Waals surface area contributed by atoms with E-state index in [0.717, 1.165) is 23.9 Å². The zero-order chi connectivity index (χ0) is 35.5. The summed E-state index contributed by atoms with van der Waals surface area (Å²) < 4.78 is 46.7. The molecule has 0 unspecified atom stereocenters. The third-order valence-electron chi connectivity index (χ3n) is 9.82. The minimum absolute atomic E-state index is 0.00101. The Bertz CT molecular complexity index is 2140. The van der Waals surface area contributed by atoms with Crippen molar-refractivity contribution in [3.05, 3.63) is 74.1 Å². The molecule has 0 saturated carbocycles. The van der Waals surface area contributed by atoms with Crippen LogP contribution in [0.2, 0.25) is 5.02 Å². The van der Waals surface area contributed by atoms with Crippen molar-refractivity contribution in [3.8, 4) is 5.75 Å². The second-order valence-corrected chi connectivity index (χ2v) is 13.3. The molecule has 1 saturated heterocycles. The molecule has 0 bridgehead atoms. The molecule has 2 amide bonds. The zero-order valence-corrected chi connectivity index (χ0v) is 27.8. The van der Waals surface area contributed by atoms with Crippen molar-refractivity contribution in [3.63, 3.8) is 0 Å². The predicted octanol–water partition coefficient (Wildman–Crippen LogP) is 4.65. The summed E-state index contributed by atoms with van der Waals surface area (Å²) in [5.41, 5.74) is 0.442. The Morgan fingerprint density at radius 3 is 2.62 bits per heavy atom. The fourth-order valence-corrected chi connectivity index (χ4v) is 7.63. The number of nitrogens with one attached hydrogen (secondary N) is 1. The number of likely N-dealkylation sites (tertiary alicyclic amines) is 1. The van der Waals surface area contributed by atoms with Crippen LogP contribution in [0, 0.1) is 6.92 Å². The van der Waals surface area contributed by atoms with E-state index in [4.69, 9.17) is 16.3 Å². The molecule has 50 heavy (non-hydrogen) atoms. The van der Waals surface area contributed by atoms with Crippen molar-refractivity contribution in [2.24, 2.45) is 0 Å². The van der Waals surface area contributed by atoms with E-state index in [0.29, 0.717) is 50.2 Å². The van der Waals surface area contributed by atoms with Crippen LogP contribution in [0.15, 0.2) is 35.4 Å². The monoisotopic (exact) mass is 712 g/mol. The van der Waals surface area contributed by atoms with Gasteiger partial charge in [-0.15, -0.1) is 10.2 Å². The molecule has 7 rings (SSSR count). The van der Waals surface area contributed by atoms with Crippen LogP contribution >= 0.6 is 11.6 Å². The highest BCUT2D eigenvalue weighted by Gasteiger charge is 2.49. The lowest BCUT2D eigenvalue weighted by molar-refractivity contribution is -0.137. The van der Waals surface area contributed by atoms with Crippen molar-refractivity contribution >= 4 is 46.0 Å². The number of hydrogen-bond donors (Lipinski definition) is 2. The van der Waals surface area contributed by atoms with E-state index in [-0.39, 0.29) is 70.0 Å². The van der Waals surface area contributed by atoms with Crippen LogP contribution in [0.25, 0.3) is 16.9 Å². The Labute approximate surface area is 287 Å². The van der Waals surface area contributed by atoms with Gasteiger partial charge in [-0.3, -0.25) is 14.4 Å². The molecule has 3 aliphatic rings. The van der Waals surface area contributed by atoms with Gasteiger partial charge in [0, 0.05) is 36.2 Å². The number of fused-ring (bicyclic) bond motifs is 3. The molecular formula is C33H32ClF3N8O5. The summed E-state index contributed by atoms with van der Waals surface area (Å²) in [6.45, 7) is 4.59. The third-order valence-corrected chi connectivity index (χ3v) is 10.1. The summed E-state index contributed by atoms with van der Waals surface area (Å²) in [4.78, 5) is 52.3. The molecule has 1 atom stereocenters. The lowest BCUT2D eigenvalue weighted by Crippen LogP contribution is -2.46. The van der Waals surface area contributed by atoms with E-state index in [1.807, 2.05) is 13.0 Å². The lowest BCUT2D eigenvalue weighted by atomic mass is 9.73. The number of aromatic nitrogens is 6. The van der Waals surface area contributed by atoms with Crippen LogP contribution in [0.3, 0.4) is 0 Å². The first-order valence-electron chi connectivity index (χ1n) is 16.1. The number of carbonyl (C=O) groups excluding carboxylic acids is 2. The van der Waals surface area contributed by atoms with E-state index < -0.39 is 29.0 Å². The fourth-order valence-electron chi connectivity index (χ4n) is 7.40. The van der Waals surface area contributed by atoms with E-state index >= 15 is 0 Å². The SMILES string of the molecule is Cc1ncnc(C(=O)N2CCC3(CC2)C[C@@H](C)c2c3c(=O)c3nn(C4=CCOCC4)nc3n2CC(=O)Nc2ccc(C(F)(F)F)cc2Cl)c1O. The predicted molar refractivity (Wildman–Crippen MR) is 175 cm³/mol. The van der Waals surface area contributed by atoms with Crippen molar-refractivity contribution in [2.45, 2.75) is 63.6 Å². The van der Waals surface area contributed by atoms with E-state index in [9.17, 15) is 32.7 Å². The van der Waals surface area contributed by atoms with Gasteiger partial charge >= 0.3 is 6.18 Å². The molecule has 13 nitrogen and oxygen atoms in total. The summed E-state index contributed by atoms with van der Waals surface area (Å²) in [5.74, 6) is -1.50. The quantitative estimate of drug-likeness (QED) is 0.301. The van der Waals surface area contributed by atoms with Gasteiger partial charge in [0.15, 0.2) is 22.6 Å². The number of alkyl halides is 3. The summed E-state index contributed by atoms with van der Waals surface area (Å²) in [5, 5.41) is 22.0. The molecule has 1 fully saturated rings. The van der Waals surface area contributed by atoms with Crippen molar-refractivity contribution < 1.29 is 32.6 Å². The number of aryl methyl sites for hydroxylation is 1. The number of anilines is 1. The largest absolute Gasteiger partial charge is 0.504 e. The normalized spacial score (nSPS) is 18.7. The van der Waals surface area contributed by atoms with Gasteiger partial charge in [-0.05, 0) is 56.4 Å². The van der Waals surface area contributed by atoms with Gasteiger partial charge in [0.1, 0.15) is 12.9 Å². The topological polar surface area (TPSA) is 157 Å². The van der Waals surface area contributed by atoms with Gasteiger partial charge < -0.3 is 24.6 Å². The summed E-state index contributed by atoms with van der Waals surface area (Å²) in [6, 6.07) is 2.67. The van der Waals surface area contributed by atoms with Crippen molar-refractivity contribution in [1.82, 2.24) is 34.4 Å². The molecule has 17 heteroatoms. The molecule has 4 aromatic rings. The molecule has 1 aromatic carbocycles. The first kappa shape index (κ1) is 33.7. The third kappa shape index (κ3) is 5.79. The Balaban J connectivity index is 1.26.